The molecule has 2 aromatic heterocycles. The topological polar surface area (TPSA) is 84.4 Å². The van der Waals surface area contributed by atoms with E-state index in [9.17, 15) is 9.59 Å². The van der Waals surface area contributed by atoms with E-state index in [-0.39, 0.29) is 25.0 Å². The highest BCUT2D eigenvalue weighted by molar-refractivity contribution is 7.13. The van der Waals surface area contributed by atoms with Gasteiger partial charge < -0.3 is 10.1 Å². The lowest BCUT2D eigenvalue weighted by molar-refractivity contribution is -0.125. The Balaban J connectivity index is 1.69. The van der Waals surface area contributed by atoms with Crippen molar-refractivity contribution in [2.45, 2.75) is 0 Å². The molecular formula is C19H16N4O3S. The third-order valence-corrected chi connectivity index (χ3v) is 5.03. The minimum absolute atomic E-state index is 0.0502. The summed E-state index contributed by atoms with van der Waals surface area (Å²) < 4.78 is 5.50. The van der Waals surface area contributed by atoms with Crippen LogP contribution in [-0.4, -0.2) is 42.0 Å². The van der Waals surface area contributed by atoms with E-state index >= 15 is 0 Å². The molecule has 0 bridgehead atoms. The Hall–Kier alpha value is -3.26. The van der Waals surface area contributed by atoms with E-state index in [1.807, 2.05) is 35.7 Å². The molecule has 4 rings (SSSR count). The van der Waals surface area contributed by atoms with Gasteiger partial charge in [0.2, 0.25) is 5.91 Å². The second-order valence-corrected chi connectivity index (χ2v) is 6.74. The summed E-state index contributed by atoms with van der Waals surface area (Å²) in [6.07, 6.45) is 1.73. The summed E-state index contributed by atoms with van der Waals surface area (Å²) in [7, 11) is 1.54. The summed E-state index contributed by atoms with van der Waals surface area (Å²) in [5.41, 5.74) is 3.00. The Labute approximate surface area is 159 Å². The van der Waals surface area contributed by atoms with E-state index in [0.29, 0.717) is 11.4 Å². The molecule has 0 radical (unpaired) electrons. The maximum Gasteiger partial charge on any atom is 0.265 e. The lowest BCUT2D eigenvalue weighted by Gasteiger charge is -2.29. The number of carbonyl (C=O) groups excluding carboxylic acids is 2. The van der Waals surface area contributed by atoms with Crippen LogP contribution in [0.3, 0.4) is 0 Å². The van der Waals surface area contributed by atoms with Crippen LogP contribution in [0.2, 0.25) is 0 Å². The maximum absolute atomic E-state index is 12.2. The normalized spacial score (nSPS) is 13.1. The standard InChI is InChI=1S/C19H16N4O3S/c1-20-17(24)9-23-15-8-12(5-6-16(15)26-10-18(23)25)14-11-27-19(22-14)13-4-2-3-7-21-13/h2-8,11H,9-10H2,1H3,(H,20,24). The summed E-state index contributed by atoms with van der Waals surface area (Å²) in [6, 6.07) is 11.2. The van der Waals surface area contributed by atoms with Crippen molar-refractivity contribution in [3.63, 3.8) is 0 Å². The third-order valence-electron chi connectivity index (χ3n) is 4.17. The Kier molecular flexibility index (Phi) is 4.55. The number of thiazole rings is 1. The van der Waals surface area contributed by atoms with E-state index in [1.54, 1.807) is 19.3 Å². The molecule has 0 atom stereocenters. The second kappa shape index (κ2) is 7.16. The number of ether oxygens (including phenoxy) is 1. The fraction of sp³-hybridized carbons (Fsp3) is 0.158. The fourth-order valence-corrected chi connectivity index (χ4v) is 3.58. The van der Waals surface area contributed by atoms with Crippen molar-refractivity contribution in [2.24, 2.45) is 0 Å². The Bertz CT molecular complexity index is 1000. The molecule has 3 heterocycles. The molecule has 7 nitrogen and oxygen atoms in total. The Morgan fingerprint density at radius 2 is 2.19 bits per heavy atom. The number of likely N-dealkylation sites (N-methyl/N-ethyl adjacent to an activating group) is 1. The largest absolute Gasteiger partial charge is 0.482 e. The first kappa shape index (κ1) is 17.2. The smallest absolute Gasteiger partial charge is 0.265 e. The van der Waals surface area contributed by atoms with Gasteiger partial charge in [0, 0.05) is 24.2 Å². The van der Waals surface area contributed by atoms with Crippen molar-refractivity contribution in [1.29, 1.82) is 0 Å². The fourth-order valence-electron chi connectivity index (χ4n) is 2.77. The van der Waals surface area contributed by atoms with E-state index in [0.717, 1.165) is 22.0 Å². The van der Waals surface area contributed by atoms with Crippen molar-refractivity contribution < 1.29 is 14.3 Å². The Morgan fingerprint density at radius 3 is 2.96 bits per heavy atom. The van der Waals surface area contributed by atoms with Crippen molar-refractivity contribution in [3.8, 4) is 27.7 Å². The summed E-state index contributed by atoms with van der Waals surface area (Å²) in [5, 5.41) is 5.30. The molecular weight excluding hydrogens is 364 g/mol. The number of carbonyl (C=O) groups is 2. The molecule has 0 spiro atoms. The van der Waals surface area contributed by atoms with Gasteiger partial charge in [0.25, 0.3) is 5.91 Å². The zero-order valence-corrected chi connectivity index (χ0v) is 15.3. The van der Waals surface area contributed by atoms with Crippen LogP contribution in [0, 0.1) is 0 Å². The van der Waals surface area contributed by atoms with E-state index in [4.69, 9.17) is 4.74 Å². The molecule has 0 saturated carbocycles. The molecule has 27 heavy (non-hydrogen) atoms. The van der Waals surface area contributed by atoms with Crippen LogP contribution in [0.5, 0.6) is 5.75 Å². The number of rotatable bonds is 4. The molecule has 0 saturated heterocycles. The van der Waals surface area contributed by atoms with Gasteiger partial charge in [-0.25, -0.2) is 4.98 Å². The number of pyridine rings is 1. The van der Waals surface area contributed by atoms with E-state index < -0.39 is 0 Å². The number of amides is 2. The van der Waals surface area contributed by atoms with Gasteiger partial charge in [-0.3, -0.25) is 19.5 Å². The average Bonchev–Trinajstić information content (AvgIpc) is 3.20. The van der Waals surface area contributed by atoms with Crippen LogP contribution >= 0.6 is 11.3 Å². The number of anilines is 1. The third kappa shape index (κ3) is 3.39. The zero-order chi connectivity index (χ0) is 18.8. The predicted molar refractivity (Wildman–Crippen MR) is 103 cm³/mol. The van der Waals surface area contributed by atoms with Crippen molar-refractivity contribution in [2.75, 3.05) is 25.1 Å². The number of benzene rings is 1. The lowest BCUT2D eigenvalue weighted by Crippen LogP contribution is -2.44. The van der Waals surface area contributed by atoms with Gasteiger partial charge in [0.15, 0.2) is 6.61 Å². The monoisotopic (exact) mass is 380 g/mol. The number of aromatic nitrogens is 2. The number of hydrogen-bond donors (Lipinski definition) is 1. The van der Waals surface area contributed by atoms with Gasteiger partial charge in [0.1, 0.15) is 17.3 Å². The number of fused-ring (bicyclic) bond motifs is 1. The summed E-state index contributed by atoms with van der Waals surface area (Å²) in [4.78, 5) is 34.4. The van der Waals surface area contributed by atoms with Crippen LogP contribution in [-0.2, 0) is 9.59 Å². The zero-order valence-electron chi connectivity index (χ0n) is 14.5. The molecule has 0 unspecified atom stereocenters. The van der Waals surface area contributed by atoms with Crippen LogP contribution in [0.15, 0.2) is 48.0 Å². The quantitative estimate of drug-likeness (QED) is 0.751. The molecule has 8 heteroatoms. The molecule has 3 aromatic rings. The van der Waals surface area contributed by atoms with Gasteiger partial charge in [-0.05, 0) is 30.3 Å². The van der Waals surface area contributed by atoms with Crippen LogP contribution in [0.25, 0.3) is 22.0 Å². The summed E-state index contributed by atoms with van der Waals surface area (Å²) >= 11 is 1.50. The minimum atomic E-state index is -0.254. The molecule has 2 amide bonds. The molecule has 136 valence electrons. The predicted octanol–water partition coefficient (Wildman–Crippen LogP) is 2.34. The maximum atomic E-state index is 12.2. The van der Waals surface area contributed by atoms with E-state index in [1.165, 1.54) is 16.2 Å². The van der Waals surface area contributed by atoms with Gasteiger partial charge in [-0.15, -0.1) is 11.3 Å². The highest BCUT2D eigenvalue weighted by Crippen LogP contribution is 2.37. The molecule has 0 aliphatic carbocycles. The first-order valence-electron chi connectivity index (χ1n) is 8.31. The first-order chi connectivity index (χ1) is 13.2. The molecule has 1 aromatic carbocycles. The van der Waals surface area contributed by atoms with Crippen LogP contribution < -0.4 is 15.0 Å². The number of nitrogens with one attached hydrogen (secondary N) is 1. The molecule has 1 N–H and O–H groups in total. The minimum Gasteiger partial charge on any atom is -0.482 e. The Morgan fingerprint density at radius 1 is 1.30 bits per heavy atom. The van der Waals surface area contributed by atoms with Gasteiger partial charge in [-0.2, -0.15) is 0 Å². The molecule has 1 aliphatic rings. The molecule has 0 fully saturated rings. The van der Waals surface area contributed by atoms with Crippen molar-refractivity contribution in [1.82, 2.24) is 15.3 Å². The highest BCUT2D eigenvalue weighted by Gasteiger charge is 2.27. The van der Waals surface area contributed by atoms with Crippen LogP contribution in [0.1, 0.15) is 0 Å². The van der Waals surface area contributed by atoms with Crippen molar-refractivity contribution in [3.05, 3.63) is 48.0 Å². The van der Waals surface area contributed by atoms with E-state index in [2.05, 4.69) is 15.3 Å². The molecule has 1 aliphatic heterocycles. The van der Waals surface area contributed by atoms with Gasteiger partial charge >= 0.3 is 0 Å². The number of nitrogens with zero attached hydrogens (tertiary/aromatic N) is 3. The second-order valence-electron chi connectivity index (χ2n) is 5.88. The lowest BCUT2D eigenvalue weighted by atomic mass is 10.1. The average molecular weight is 380 g/mol. The first-order valence-corrected chi connectivity index (χ1v) is 9.19. The van der Waals surface area contributed by atoms with Crippen LogP contribution in [0.4, 0.5) is 5.69 Å². The summed E-state index contributed by atoms with van der Waals surface area (Å²) in [5.74, 6) is 0.0748. The van der Waals surface area contributed by atoms with Crippen molar-refractivity contribution >= 4 is 28.8 Å². The SMILES string of the molecule is CNC(=O)CN1C(=O)COc2ccc(-c3csc(-c4ccccn4)n3)cc21. The van der Waals surface area contributed by atoms with Gasteiger partial charge in [0.05, 0.1) is 17.1 Å². The van der Waals surface area contributed by atoms with Gasteiger partial charge in [-0.1, -0.05) is 6.07 Å². The number of hydrogen-bond acceptors (Lipinski definition) is 6. The highest BCUT2D eigenvalue weighted by atomic mass is 32.1. The summed E-state index contributed by atoms with van der Waals surface area (Å²) in [6.45, 7) is -0.130.